The van der Waals surface area contributed by atoms with Crippen LogP contribution in [0, 0.1) is 11.8 Å². The van der Waals surface area contributed by atoms with E-state index in [0.717, 1.165) is 0 Å². The predicted octanol–water partition coefficient (Wildman–Crippen LogP) is 1.41. The average Bonchev–Trinajstić information content (AvgIpc) is 1.87. The van der Waals surface area contributed by atoms with Crippen molar-refractivity contribution in [2.75, 3.05) is 0 Å². The molecule has 0 bridgehead atoms. The Kier molecular flexibility index (Phi) is 4.69. The molecule has 0 aromatic rings. The summed E-state index contributed by atoms with van der Waals surface area (Å²) in [6.07, 6.45) is -0.241. The summed E-state index contributed by atoms with van der Waals surface area (Å²) in [6.45, 7) is 7.82. The third-order valence-corrected chi connectivity index (χ3v) is 2.02. The topological polar surface area (TPSA) is 40.5 Å². The maximum Gasteiger partial charge on any atom is 0.0587 e. The molecular formula is C9H20O2. The molecule has 68 valence electrons. The molecule has 0 unspecified atom stereocenters. The molecule has 0 spiro atoms. The van der Waals surface area contributed by atoms with Crippen molar-refractivity contribution >= 4 is 0 Å². The first-order chi connectivity index (χ1) is 4.95. The van der Waals surface area contributed by atoms with E-state index in [9.17, 15) is 10.2 Å². The Labute approximate surface area is 69.2 Å². The molecule has 0 aliphatic carbocycles. The zero-order valence-electron chi connectivity index (χ0n) is 7.91. The maximum atomic E-state index is 9.39. The van der Waals surface area contributed by atoms with E-state index in [0.29, 0.717) is 6.42 Å². The van der Waals surface area contributed by atoms with Crippen molar-refractivity contribution in [1.29, 1.82) is 0 Å². The summed E-state index contributed by atoms with van der Waals surface area (Å²) in [6, 6.07) is 0. The number of hydrogen-bond donors (Lipinski definition) is 2. The molecule has 2 atom stereocenters. The first-order valence-corrected chi connectivity index (χ1v) is 4.31. The van der Waals surface area contributed by atoms with Gasteiger partial charge in [0.25, 0.3) is 0 Å². The SMILES string of the molecule is CC(C)[C@H](O)C[C@H](O)C(C)C. The van der Waals surface area contributed by atoms with Gasteiger partial charge in [0.2, 0.25) is 0 Å². The number of rotatable bonds is 4. The molecule has 0 rings (SSSR count). The summed E-state index contributed by atoms with van der Waals surface area (Å²) in [4.78, 5) is 0. The lowest BCUT2D eigenvalue weighted by Gasteiger charge is -2.20. The van der Waals surface area contributed by atoms with Gasteiger partial charge in [-0.15, -0.1) is 0 Å². The second-order valence-electron chi connectivity index (χ2n) is 3.86. The van der Waals surface area contributed by atoms with Gasteiger partial charge >= 0.3 is 0 Å². The van der Waals surface area contributed by atoms with Gasteiger partial charge in [-0.2, -0.15) is 0 Å². The van der Waals surface area contributed by atoms with E-state index >= 15 is 0 Å². The smallest absolute Gasteiger partial charge is 0.0587 e. The van der Waals surface area contributed by atoms with E-state index in [4.69, 9.17) is 0 Å². The van der Waals surface area contributed by atoms with Gasteiger partial charge in [-0.05, 0) is 18.3 Å². The van der Waals surface area contributed by atoms with Crippen LogP contribution in [0.15, 0.2) is 0 Å². The van der Waals surface area contributed by atoms with Crippen molar-refractivity contribution in [1.82, 2.24) is 0 Å². The van der Waals surface area contributed by atoms with Crippen molar-refractivity contribution in [3.8, 4) is 0 Å². The van der Waals surface area contributed by atoms with Crippen LogP contribution in [0.4, 0.5) is 0 Å². The Morgan fingerprint density at radius 2 is 1.09 bits per heavy atom. The molecular weight excluding hydrogens is 140 g/mol. The Balaban J connectivity index is 3.66. The van der Waals surface area contributed by atoms with Gasteiger partial charge in [-0.25, -0.2) is 0 Å². The molecule has 2 nitrogen and oxygen atoms in total. The fourth-order valence-electron chi connectivity index (χ4n) is 0.792. The fourth-order valence-corrected chi connectivity index (χ4v) is 0.792. The Hall–Kier alpha value is -0.0800. The van der Waals surface area contributed by atoms with Crippen molar-refractivity contribution in [3.05, 3.63) is 0 Å². The van der Waals surface area contributed by atoms with Crippen LogP contribution in [-0.4, -0.2) is 22.4 Å². The summed E-state index contributed by atoms with van der Waals surface area (Å²) in [5, 5.41) is 18.8. The molecule has 0 heterocycles. The first-order valence-electron chi connectivity index (χ1n) is 4.31. The van der Waals surface area contributed by atoms with Crippen LogP contribution in [0.3, 0.4) is 0 Å². The average molecular weight is 160 g/mol. The fraction of sp³-hybridized carbons (Fsp3) is 1.00. The number of aliphatic hydroxyl groups is 2. The van der Waals surface area contributed by atoms with E-state index in [1.807, 2.05) is 27.7 Å². The van der Waals surface area contributed by atoms with E-state index in [2.05, 4.69) is 0 Å². The Morgan fingerprint density at radius 3 is 1.27 bits per heavy atom. The quantitative estimate of drug-likeness (QED) is 0.653. The lowest BCUT2D eigenvalue weighted by molar-refractivity contribution is 0.0326. The van der Waals surface area contributed by atoms with Crippen LogP contribution in [0.2, 0.25) is 0 Å². The van der Waals surface area contributed by atoms with Gasteiger partial charge in [0.15, 0.2) is 0 Å². The van der Waals surface area contributed by atoms with Crippen LogP contribution in [0.5, 0.6) is 0 Å². The highest BCUT2D eigenvalue weighted by Gasteiger charge is 2.16. The standard InChI is InChI=1S/C9H20O2/c1-6(2)8(10)5-9(11)7(3)4/h6-11H,5H2,1-4H3/t8-,9+. The molecule has 2 heteroatoms. The molecule has 0 fully saturated rings. The third-order valence-electron chi connectivity index (χ3n) is 2.02. The second-order valence-corrected chi connectivity index (χ2v) is 3.86. The largest absolute Gasteiger partial charge is 0.393 e. The molecule has 0 amide bonds. The molecule has 0 saturated carbocycles. The summed E-state index contributed by atoms with van der Waals surface area (Å²) in [5.41, 5.74) is 0. The number of hydrogen-bond acceptors (Lipinski definition) is 2. The van der Waals surface area contributed by atoms with Crippen molar-refractivity contribution < 1.29 is 10.2 Å². The molecule has 0 aromatic carbocycles. The van der Waals surface area contributed by atoms with E-state index < -0.39 is 0 Å². The molecule has 2 N–H and O–H groups in total. The van der Waals surface area contributed by atoms with Gasteiger partial charge in [-0.3, -0.25) is 0 Å². The van der Waals surface area contributed by atoms with E-state index in [1.165, 1.54) is 0 Å². The monoisotopic (exact) mass is 160 g/mol. The van der Waals surface area contributed by atoms with Crippen LogP contribution in [-0.2, 0) is 0 Å². The summed E-state index contributed by atoms with van der Waals surface area (Å²) < 4.78 is 0. The van der Waals surface area contributed by atoms with Crippen molar-refractivity contribution in [2.24, 2.45) is 11.8 Å². The second kappa shape index (κ2) is 4.73. The van der Waals surface area contributed by atoms with E-state index in [-0.39, 0.29) is 24.0 Å². The minimum atomic E-state index is -0.368. The molecule has 0 aliphatic heterocycles. The predicted molar refractivity (Wildman–Crippen MR) is 46.3 cm³/mol. The van der Waals surface area contributed by atoms with Crippen LogP contribution in [0.1, 0.15) is 34.1 Å². The minimum absolute atomic E-state index is 0.239. The molecule has 0 radical (unpaired) electrons. The van der Waals surface area contributed by atoms with Gasteiger partial charge in [0.05, 0.1) is 12.2 Å². The lowest BCUT2D eigenvalue weighted by atomic mass is 9.95. The van der Waals surface area contributed by atoms with Gasteiger partial charge in [-0.1, -0.05) is 27.7 Å². The highest BCUT2D eigenvalue weighted by Crippen LogP contribution is 2.13. The Bertz CT molecular complexity index is 87.7. The zero-order valence-corrected chi connectivity index (χ0v) is 7.91. The van der Waals surface area contributed by atoms with Gasteiger partial charge in [0, 0.05) is 0 Å². The summed E-state index contributed by atoms with van der Waals surface area (Å²) in [5.74, 6) is 0.479. The molecule has 0 aliphatic rings. The van der Waals surface area contributed by atoms with E-state index in [1.54, 1.807) is 0 Å². The van der Waals surface area contributed by atoms with Gasteiger partial charge in [0.1, 0.15) is 0 Å². The van der Waals surface area contributed by atoms with Crippen LogP contribution < -0.4 is 0 Å². The highest BCUT2D eigenvalue weighted by atomic mass is 16.3. The summed E-state index contributed by atoms with van der Waals surface area (Å²) in [7, 11) is 0. The molecule has 0 saturated heterocycles. The van der Waals surface area contributed by atoms with Crippen LogP contribution >= 0.6 is 0 Å². The summed E-state index contributed by atoms with van der Waals surface area (Å²) >= 11 is 0. The highest BCUT2D eigenvalue weighted by molar-refractivity contribution is 4.68. The number of aliphatic hydroxyl groups excluding tert-OH is 2. The zero-order chi connectivity index (χ0) is 9.02. The Morgan fingerprint density at radius 1 is 0.818 bits per heavy atom. The van der Waals surface area contributed by atoms with Crippen molar-refractivity contribution in [2.45, 2.75) is 46.3 Å². The normalized spacial score (nSPS) is 17.5. The molecule has 0 aromatic heterocycles. The lowest BCUT2D eigenvalue weighted by Crippen LogP contribution is -2.25. The third kappa shape index (κ3) is 4.38. The minimum Gasteiger partial charge on any atom is -0.393 e. The van der Waals surface area contributed by atoms with Crippen LogP contribution in [0.25, 0.3) is 0 Å². The molecule has 11 heavy (non-hydrogen) atoms. The first kappa shape index (κ1) is 10.9. The van der Waals surface area contributed by atoms with Crippen molar-refractivity contribution in [3.63, 3.8) is 0 Å². The maximum absolute atomic E-state index is 9.39. The van der Waals surface area contributed by atoms with Gasteiger partial charge < -0.3 is 10.2 Å².